The number of fused-ring (bicyclic) bond motifs is 5. The molecule has 0 bridgehead atoms. The van der Waals surface area contributed by atoms with Gasteiger partial charge in [-0.3, -0.25) is 9.39 Å². The molecule has 3 heterocycles. The van der Waals surface area contributed by atoms with Gasteiger partial charge in [0.15, 0.2) is 11.6 Å². The van der Waals surface area contributed by atoms with Gasteiger partial charge in [-0.15, -0.1) is 0 Å². The number of hydrogen-bond acceptors (Lipinski definition) is 7. The van der Waals surface area contributed by atoms with Crippen molar-refractivity contribution in [3.8, 4) is 22.6 Å². The first kappa shape index (κ1) is 28.5. The van der Waals surface area contributed by atoms with Crippen molar-refractivity contribution in [1.29, 1.82) is 0 Å². The van der Waals surface area contributed by atoms with Crippen molar-refractivity contribution in [1.82, 2.24) is 14.7 Å². The summed E-state index contributed by atoms with van der Waals surface area (Å²) in [6, 6.07) is 4.38. The Morgan fingerprint density at radius 2 is 2.05 bits per heavy atom. The van der Waals surface area contributed by atoms with Crippen molar-refractivity contribution < 1.29 is 18.3 Å². The van der Waals surface area contributed by atoms with Gasteiger partial charge in [0, 0.05) is 61.2 Å². The highest BCUT2D eigenvalue weighted by atomic mass is 19.2. The van der Waals surface area contributed by atoms with Crippen molar-refractivity contribution >= 4 is 11.4 Å². The number of ether oxygens (including phenoxy) is 2. The quantitative estimate of drug-likeness (QED) is 0.366. The van der Waals surface area contributed by atoms with Crippen molar-refractivity contribution in [3.63, 3.8) is 0 Å². The molecule has 210 valence electrons. The van der Waals surface area contributed by atoms with Crippen LogP contribution >= 0.6 is 0 Å². The molecule has 2 aromatic heterocycles. The smallest absolute Gasteiger partial charge is 0.201 e. The summed E-state index contributed by atoms with van der Waals surface area (Å²) in [5, 5.41) is 3.15. The van der Waals surface area contributed by atoms with Crippen LogP contribution < -0.4 is 26.3 Å². The molecule has 8 nitrogen and oxygen atoms in total. The fraction of sp³-hybridized carbons (Fsp3) is 0.448. The number of benzene rings is 1. The number of nitrogens with zero attached hydrogens (tertiary/aromatic N) is 3. The van der Waals surface area contributed by atoms with E-state index in [0.717, 1.165) is 28.7 Å². The van der Waals surface area contributed by atoms with E-state index in [2.05, 4.69) is 15.3 Å². The highest BCUT2D eigenvalue weighted by Gasteiger charge is 2.29. The van der Waals surface area contributed by atoms with Crippen LogP contribution in [0.4, 0.5) is 8.78 Å². The van der Waals surface area contributed by atoms with Gasteiger partial charge in [0.05, 0.1) is 30.7 Å². The van der Waals surface area contributed by atoms with Crippen LogP contribution in [0.15, 0.2) is 40.7 Å². The van der Waals surface area contributed by atoms with Crippen LogP contribution in [0.2, 0.25) is 0 Å². The number of imidazole rings is 1. The van der Waals surface area contributed by atoms with Crippen LogP contribution in [-0.2, 0) is 13.0 Å². The fourth-order valence-corrected chi connectivity index (χ4v) is 4.91. The van der Waals surface area contributed by atoms with Gasteiger partial charge in [0.25, 0.3) is 0 Å². The second-order valence-electron chi connectivity index (χ2n) is 10.8. The van der Waals surface area contributed by atoms with Crippen molar-refractivity contribution in [2.75, 3.05) is 27.3 Å². The Kier molecular flexibility index (Phi) is 8.27. The topological polar surface area (TPSA) is 112 Å². The van der Waals surface area contributed by atoms with Gasteiger partial charge >= 0.3 is 0 Å². The zero-order valence-corrected chi connectivity index (χ0v) is 23.5. The van der Waals surface area contributed by atoms with E-state index < -0.39 is 17.7 Å². The number of aromatic nitrogens is 2. The van der Waals surface area contributed by atoms with E-state index in [1.54, 1.807) is 13.2 Å². The Morgan fingerprint density at radius 1 is 1.31 bits per heavy atom. The third-order valence-corrected chi connectivity index (χ3v) is 7.19. The highest BCUT2D eigenvalue weighted by Crippen LogP contribution is 2.45. The van der Waals surface area contributed by atoms with E-state index in [4.69, 9.17) is 20.9 Å². The van der Waals surface area contributed by atoms with Crippen LogP contribution in [0.1, 0.15) is 45.5 Å². The summed E-state index contributed by atoms with van der Waals surface area (Å²) >= 11 is 0. The zero-order chi connectivity index (χ0) is 28.5. The normalized spacial score (nSPS) is 15.3. The second kappa shape index (κ2) is 11.3. The summed E-state index contributed by atoms with van der Waals surface area (Å²) in [6.07, 6.45) is 2.64. The average molecular weight is 541 g/mol. The molecule has 10 heteroatoms. The third-order valence-electron chi connectivity index (χ3n) is 7.19. The van der Waals surface area contributed by atoms with Gasteiger partial charge in [0.1, 0.15) is 11.4 Å². The molecule has 1 atom stereocenters. The summed E-state index contributed by atoms with van der Waals surface area (Å²) in [5.74, 6) is -2.08. The molecule has 5 N–H and O–H groups in total. The lowest BCUT2D eigenvalue weighted by atomic mass is 9.83. The van der Waals surface area contributed by atoms with Gasteiger partial charge in [-0.25, -0.2) is 9.37 Å². The summed E-state index contributed by atoms with van der Waals surface area (Å²) in [4.78, 5) is 8.80. The van der Waals surface area contributed by atoms with Crippen LogP contribution in [0, 0.1) is 17.0 Å². The molecule has 39 heavy (non-hydrogen) atoms. The Labute approximate surface area is 228 Å². The molecule has 1 aromatic carbocycles. The number of aliphatic imine (C=N–C) groups is 1. The molecule has 1 aliphatic heterocycles. The van der Waals surface area contributed by atoms with E-state index in [-0.39, 0.29) is 23.5 Å². The predicted molar refractivity (Wildman–Crippen MR) is 150 cm³/mol. The number of nitrogens with one attached hydrogen (secondary N) is 1. The molecular weight excluding hydrogens is 502 g/mol. The Balaban J connectivity index is 1.78. The predicted octanol–water partition coefficient (Wildman–Crippen LogP) is 4.38. The lowest BCUT2D eigenvalue weighted by molar-refractivity contribution is 0.290. The summed E-state index contributed by atoms with van der Waals surface area (Å²) in [6.45, 7) is 8.77. The molecule has 1 unspecified atom stereocenters. The lowest BCUT2D eigenvalue weighted by Crippen LogP contribution is -2.41. The van der Waals surface area contributed by atoms with Gasteiger partial charge in [-0.05, 0) is 37.1 Å². The maximum Gasteiger partial charge on any atom is 0.201 e. The first-order valence-electron chi connectivity index (χ1n) is 13.1. The monoisotopic (exact) mass is 540 g/mol. The molecule has 0 fully saturated rings. The molecule has 4 rings (SSSR count). The van der Waals surface area contributed by atoms with Gasteiger partial charge in [-0.1, -0.05) is 20.8 Å². The number of nitrogens with two attached hydrogens (primary N) is 2. The molecule has 0 spiro atoms. The van der Waals surface area contributed by atoms with Crippen molar-refractivity contribution in [2.45, 2.75) is 53.1 Å². The summed E-state index contributed by atoms with van der Waals surface area (Å²) in [7, 11) is 3.53. The minimum Gasteiger partial charge on any atom is -0.492 e. The van der Waals surface area contributed by atoms with Crippen LogP contribution in [-0.4, -0.2) is 48.4 Å². The largest absolute Gasteiger partial charge is 0.492 e. The molecule has 0 saturated heterocycles. The van der Waals surface area contributed by atoms with E-state index in [0.29, 0.717) is 48.5 Å². The van der Waals surface area contributed by atoms with Gasteiger partial charge in [0.2, 0.25) is 5.82 Å². The molecule has 0 aliphatic carbocycles. The molecule has 0 amide bonds. The maximum atomic E-state index is 15.4. The standard InChI is InChI=1S/C29H38F2N6O2/c1-16(35-6)18(26(32)28(33)29(2,3)4)9-11-39-27-24-19-7-8-23-36-15-17(14-34-5)37(23)21(19)10-12-38-22(24)13-20(30)25(27)31/h7-8,13,15,28,34H,9-12,14,32-33H2,1-6H3/b26-18-,35-16?. The number of rotatable bonds is 8. The molecule has 3 aromatic rings. The Bertz CT molecular complexity index is 1440. The van der Waals surface area contributed by atoms with Crippen LogP contribution in [0.3, 0.4) is 0 Å². The maximum absolute atomic E-state index is 15.4. The Hall–Kier alpha value is -3.50. The zero-order valence-electron chi connectivity index (χ0n) is 23.5. The van der Waals surface area contributed by atoms with Crippen molar-refractivity contribution in [3.05, 3.63) is 58.7 Å². The van der Waals surface area contributed by atoms with E-state index in [1.165, 1.54) is 0 Å². The SMILES string of the molecule is CN=C(C)/C(CCOc1c(F)c(F)cc2c1-c1ccc3ncc(CNC)n3c1CCO2)=C(\N)C(N)C(C)(C)C. The first-order chi connectivity index (χ1) is 18.5. The Morgan fingerprint density at radius 3 is 2.72 bits per heavy atom. The minimum atomic E-state index is -1.07. The van der Waals surface area contributed by atoms with E-state index in [9.17, 15) is 4.39 Å². The van der Waals surface area contributed by atoms with Crippen LogP contribution in [0.25, 0.3) is 16.8 Å². The van der Waals surface area contributed by atoms with Gasteiger partial charge in [-0.2, -0.15) is 4.39 Å². The molecule has 0 saturated carbocycles. The summed E-state index contributed by atoms with van der Waals surface area (Å²) in [5.41, 5.74) is 18.3. The summed E-state index contributed by atoms with van der Waals surface area (Å²) < 4.78 is 44.1. The lowest BCUT2D eigenvalue weighted by Gasteiger charge is -2.29. The minimum absolute atomic E-state index is 0.0280. The van der Waals surface area contributed by atoms with E-state index in [1.807, 2.05) is 51.3 Å². The first-order valence-corrected chi connectivity index (χ1v) is 13.1. The fourth-order valence-electron chi connectivity index (χ4n) is 4.91. The highest BCUT2D eigenvalue weighted by molar-refractivity contribution is 5.98. The number of halogens is 2. The molecular formula is C29H38F2N6O2. The van der Waals surface area contributed by atoms with Crippen LogP contribution in [0.5, 0.6) is 11.5 Å². The van der Waals surface area contributed by atoms with Crippen molar-refractivity contribution in [2.24, 2.45) is 21.9 Å². The average Bonchev–Trinajstić information content (AvgIpc) is 3.21. The number of hydrogen-bond donors (Lipinski definition) is 3. The third kappa shape index (κ3) is 5.49. The van der Waals surface area contributed by atoms with Gasteiger partial charge < -0.3 is 26.3 Å². The molecule has 1 aliphatic rings. The second-order valence-corrected chi connectivity index (χ2v) is 10.8. The molecule has 0 radical (unpaired) electrons. The number of pyridine rings is 1. The van der Waals surface area contributed by atoms with E-state index >= 15 is 4.39 Å².